The van der Waals surface area contributed by atoms with E-state index >= 15 is 0 Å². The summed E-state index contributed by atoms with van der Waals surface area (Å²) in [4.78, 5) is 38.5. The fraction of sp³-hybridized carbons (Fsp3) is 0.0909. The number of benzene rings is 2. The van der Waals surface area contributed by atoms with Crippen LogP contribution in [0, 0.1) is 0 Å². The van der Waals surface area contributed by atoms with E-state index in [9.17, 15) is 19.5 Å². The van der Waals surface area contributed by atoms with E-state index in [2.05, 4.69) is 10.9 Å². The van der Waals surface area contributed by atoms with Crippen LogP contribution < -0.4 is 10.9 Å². The number of hydrogen-bond donors (Lipinski definition) is 3. The molecule has 0 aliphatic carbocycles. The molecule has 0 aromatic heterocycles. The minimum atomic E-state index is -0.596. The van der Waals surface area contributed by atoms with Crippen LogP contribution in [0.5, 0.6) is 5.75 Å². The molecule has 1 saturated heterocycles. The molecule has 158 valence electrons. The number of aromatic hydroxyl groups is 1. The van der Waals surface area contributed by atoms with Gasteiger partial charge in [0, 0.05) is 5.56 Å². The Morgan fingerprint density at radius 3 is 2.45 bits per heavy atom. The Labute approximate surface area is 188 Å². The zero-order valence-electron chi connectivity index (χ0n) is 16.5. The van der Waals surface area contributed by atoms with Gasteiger partial charge in [0.05, 0.1) is 4.91 Å². The first-order valence-corrected chi connectivity index (χ1v) is 10.4. The van der Waals surface area contributed by atoms with Gasteiger partial charge in [-0.3, -0.25) is 30.1 Å². The minimum Gasteiger partial charge on any atom is -0.508 e. The maximum Gasteiger partial charge on any atom is 0.269 e. The quantitative estimate of drug-likeness (QED) is 0.366. The lowest BCUT2D eigenvalue weighted by atomic mass is 10.1. The van der Waals surface area contributed by atoms with Crippen LogP contribution >= 0.6 is 24.0 Å². The lowest BCUT2D eigenvalue weighted by Gasteiger charge is -2.14. The number of nitrogens with one attached hydrogen (secondary N) is 2. The van der Waals surface area contributed by atoms with Gasteiger partial charge >= 0.3 is 0 Å². The molecule has 1 aliphatic rings. The molecular formula is C22H19N3O4S2. The zero-order valence-corrected chi connectivity index (χ0v) is 18.1. The van der Waals surface area contributed by atoms with E-state index in [0.29, 0.717) is 4.91 Å². The first-order chi connectivity index (χ1) is 14.8. The SMILES string of the molecule is CC(/C=C1\SC(=S)N(CC(=O)NNC(=O)c2ccc(O)cc2)C1=O)=C\c1ccccc1. The largest absolute Gasteiger partial charge is 0.508 e. The van der Waals surface area contributed by atoms with Crippen molar-refractivity contribution in [2.24, 2.45) is 0 Å². The summed E-state index contributed by atoms with van der Waals surface area (Å²) in [5, 5.41) is 9.25. The van der Waals surface area contributed by atoms with Crippen molar-refractivity contribution in [2.45, 2.75) is 6.92 Å². The number of carbonyl (C=O) groups excluding carboxylic acids is 3. The maximum atomic E-state index is 12.7. The fourth-order valence-corrected chi connectivity index (χ4v) is 4.00. The lowest BCUT2D eigenvalue weighted by molar-refractivity contribution is -0.129. The van der Waals surface area contributed by atoms with Crippen molar-refractivity contribution < 1.29 is 19.5 Å². The molecule has 2 aromatic carbocycles. The zero-order chi connectivity index (χ0) is 22.4. The van der Waals surface area contributed by atoms with Gasteiger partial charge in [0.1, 0.15) is 16.6 Å². The standard InChI is InChI=1S/C22H19N3O4S2/c1-14(11-15-5-3-2-4-6-15)12-18-21(29)25(22(30)31-18)13-19(27)23-24-20(28)16-7-9-17(26)10-8-16/h2-12,26H,13H2,1H3,(H,23,27)(H,24,28)/b14-11+,18-12-. The van der Waals surface area contributed by atoms with Crippen LogP contribution in [0.1, 0.15) is 22.8 Å². The maximum absolute atomic E-state index is 12.7. The van der Waals surface area contributed by atoms with Gasteiger partial charge in [-0.15, -0.1) is 0 Å². The molecule has 0 spiro atoms. The van der Waals surface area contributed by atoms with Crippen LogP contribution in [0.25, 0.3) is 6.08 Å². The normalized spacial score (nSPS) is 15.3. The average Bonchev–Trinajstić information content (AvgIpc) is 3.00. The second-order valence-corrected chi connectivity index (χ2v) is 8.29. The van der Waals surface area contributed by atoms with Gasteiger partial charge < -0.3 is 5.11 Å². The third kappa shape index (κ3) is 6.03. The number of phenols is 1. The number of amides is 3. The summed E-state index contributed by atoms with van der Waals surface area (Å²) in [6, 6.07) is 15.2. The monoisotopic (exact) mass is 453 g/mol. The molecule has 9 heteroatoms. The smallest absolute Gasteiger partial charge is 0.269 e. The van der Waals surface area contributed by atoms with Crippen LogP contribution in [-0.4, -0.2) is 38.6 Å². The number of hydrogen-bond acceptors (Lipinski definition) is 6. The topological polar surface area (TPSA) is 98.7 Å². The van der Waals surface area contributed by atoms with Crippen molar-refractivity contribution in [3.8, 4) is 5.75 Å². The summed E-state index contributed by atoms with van der Waals surface area (Å²) in [6.45, 7) is 1.56. The predicted octanol–water partition coefficient (Wildman–Crippen LogP) is 3.00. The summed E-state index contributed by atoms with van der Waals surface area (Å²) in [5.74, 6) is -1.49. The Balaban J connectivity index is 1.58. The van der Waals surface area contributed by atoms with Crippen molar-refractivity contribution in [2.75, 3.05) is 6.54 Å². The van der Waals surface area contributed by atoms with Crippen molar-refractivity contribution in [3.05, 3.63) is 82.3 Å². The van der Waals surface area contributed by atoms with Gasteiger partial charge in [0.15, 0.2) is 0 Å². The molecule has 1 heterocycles. The van der Waals surface area contributed by atoms with Crippen LogP contribution in [0.3, 0.4) is 0 Å². The van der Waals surface area contributed by atoms with E-state index in [-0.39, 0.29) is 28.1 Å². The van der Waals surface area contributed by atoms with Gasteiger partial charge in [-0.05, 0) is 48.4 Å². The molecular weight excluding hydrogens is 434 g/mol. The second kappa shape index (κ2) is 10.1. The average molecular weight is 454 g/mol. The molecule has 0 saturated carbocycles. The first kappa shape index (κ1) is 22.3. The van der Waals surface area contributed by atoms with Crippen LogP contribution in [0.15, 0.2) is 71.2 Å². The fourth-order valence-electron chi connectivity index (χ4n) is 2.69. The Kier molecular flexibility index (Phi) is 7.22. The highest BCUT2D eigenvalue weighted by Crippen LogP contribution is 2.31. The highest BCUT2D eigenvalue weighted by molar-refractivity contribution is 8.26. The summed E-state index contributed by atoms with van der Waals surface area (Å²) < 4.78 is 0.267. The number of hydrazine groups is 1. The van der Waals surface area contributed by atoms with E-state index in [1.54, 1.807) is 6.08 Å². The summed E-state index contributed by atoms with van der Waals surface area (Å²) in [5.41, 5.74) is 6.66. The van der Waals surface area contributed by atoms with Gasteiger partial charge in [0.25, 0.3) is 17.7 Å². The van der Waals surface area contributed by atoms with E-state index in [4.69, 9.17) is 12.2 Å². The number of thioether (sulfide) groups is 1. The van der Waals surface area contributed by atoms with Gasteiger partial charge in [-0.1, -0.05) is 60.4 Å². The first-order valence-electron chi connectivity index (χ1n) is 9.20. The van der Waals surface area contributed by atoms with Crippen molar-refractivity contribution in [3.63, 3.8) is 0 Å². The third-order valence-electron chi connectivity index (χ3n) is 4.17. The third-order valence-corrected chi connectivity index (χ3v) is 5.55. The van der Waals surface area contributed by atoms with E-state index in [1.807, 2.05) is 43.3 Å². The van der Waals surface area contributed by atoms with E-state index in [1.165, 1.54) is 29.2 Å². The molecule has 0 unspecified atom stereocenters. The number of allylic oxidation sites excluding steroid dienone is 2. The highest BCUT2D eigenvalue weighted by atomic mass is 32.2. The number of rotatable bonds is 5. The second-order valence-electron chi connectivity index (χ2n) is 6.62. The molecule has 1 fully saturated rings. The van der Waals surface area contributed by atoms with Crippen molar-refractivity contribution in [1.29, 1.82) is 0 Å². The lowest BCUT2D eigenvalue weighted by Crippen LogP contribution is -2.47. The molecule has 0 atom stereocenters. The molecule has 1 aliphatic heterocycles. The molecule has 31 heavy (non-hydrogen) atoms. The number of phenolic OH excluding ortho intramolecular Hbond substituents is 1. The summed E-state index contributed by atoms with van der Waals surface area (Å²) >= 11 is 6.36. The molecule has 2 aromatic rings. The van der Waals surface area contributed by atoms with Crippen molar-refractivity contribution in [1.82, 2.24) is 15.8 Å². The Morgan fingerprint density at radius 1 is 1.10 bits per heavy atom. The van der Waals surface area contributed by atoms with Gasteiger partial charge in [-0.2, -0.15) is 0 Å². The summed E-state index contributed by atoms with van der Waals surface area (Å²) in [7, 11) is 0. The van der Waals surface area contributed by atoms with Gasteiger partial charge in [0.2, 0.25) is 0 Å². The van der Waals surface area contributed by atoms with Crippen LogP contribution in [-0.2, 0) is 9.59 Å². The molecule has 3 rings (SSSR count). The Bertz CT molecular complexity index is 1080. The molecule has 3 N–H and O–H groups in total. The van der Waals surface area contributed by atoms with E-state index in [0.717, 1.165) is 22.9 Å². The Morgan fingerprint density at radius 2 is 1.77 bits per heavy atom. The minimum absolute atomic E-state index is 0.0249. The van der Waals surface area contributed by atoms with Crippen LogP contribution in [0.2, 0.25) is 0 Å². The predicted molar refractivity (Wildman–Crippen MR) is 124 cm³/mol. The molecule has 7 nitrogen and oxygen atoms in total. The van der Waals surface area contributed by atoms with Gasteiger partial charge in [-0.25, -0.2) is 0 Å². The van der Waals surface area contributed by atoms with Crippen molar-refractivity contribution >= 4 is 52.1 Å². The summed E-state index contributed by atoms with van der Waals surface area (Å²) in [6.07, 6.45) is 3.68. The molecule has 0 radical (unpaired) electrons. The van der Waals surface area contributed by atoms with Crippen LogP contribution in [0.4, 0.5) is 0 Å². The van der Waals surface area contributed by atoms with E-state index < -0.39 is 11.8 Å². The Hall–Kier alpha value is -3.43. The number of thiocarbonyl (C=S) groups is 1. The molecule has 0 bridgehead atoms. The number of nitrogens with zero attached hydrogens (tertiary/aromatic N) is 1. The molecule has 3 amide bonds. The number of carbonyl (C=O) groups is 3. The highest BCUT2D eigenvalue weighted by Gasteiger charge is 2.33.